The van der Waals surface area contributed by atoms with Crippen molar-refractivity contribution in [1.82, 2.24) is 0 Å². The van der Waals surface area contributed by atoms with E-state index in [1.54, 1.807) is 6.07 Å². The van der Waals surface area contributed by atoms with Gasteiger partial charge in [-0.15, -0.1) is 11.6 Å². The van der Waals surface area contributed by atoms with Crippen molar-refractivity contribution in [3.63, 3.8) is 0 Å². The Bertz CT molecular complexity index is 560. The van der Waals surface area contributed by atoms with Crippen LogP contribution in [0.1, 0.15) is 31.2 Å². The lowest BCUT2D eigenvalue weighted by molar-refractivity contribution is 0.560. The minimum atomic E-state index is -0.290. The van der Waals surface area contributed by atoms with E-state index in [0.717, 1.165) is 30.5 Å². The summed E-state index contributed by atoms with van der Waals surface area (Å²) in [6.07, 6.45) is 5.65. The standard InChI is InChI=1S/C15H17ClO2/c16-10-4-2-1-3-5-12-6-7-13-8-9-15(17)18-14(13)11-12/h6-9,11H,1-5,10H2. The van der Waals surface area contributed by atoms with Gasteiger partial charge < -0.3 is 4.42 Å². The summed E-state index contributed by atoms with van der Waals surface area (Å²) in [5.41, 5.74) is 1.62. The zero-order valence-corrected chi connectivity index (χ0v) is 11.1. The van der Waals surface area contributed by atoms with E-state index in [1.807, 2.05) is 12.1 Å². The van der Waals surface area contributed by atoms with Gasteiger partial charge in [-0.2, -0.15) is 0 Å². The Kier molecular flexibility index (Phi) is 4.82. The van der Waals surface area contributed by atoms with Gasteiger partial charge in [0.15, 0.2) is 0 Å². The summed E-state index contributed by atoms with van der Waals surface area (Å²) in [5, 5.41) is 0.973. The number of hydrogen-bond donors (Lipinski definition) is 0. The molecule has 96 valence electrons. The molecule has 0 bridgehead atoms. The van der Waals surface area contributed by atoms with E-state index >= 15 is 0 Å². The number of hydrogen-bond acceptors (Lipinski definition) is 2. The molecule has 0 amide bonds. The first-order chi connectivity index (χ1) is 8.79. The zero-order valence-electron chi connectivity index (χ0n) is 10.3. The fourth-order valence-corrected chi connectivity index (χ4v) is 2.23. The van der Waals surface area contributed by atoms with E-state index in [2.05, 4.69) is 6.07 Å². The molecule has 18 heavy (non-hydrogen) atoms. The van der Waals surface area contributed by atoms with Crippen LogP contribution in [0.3, 0.4) is 0 Å². The number of alkyl halides is 1. The largest absolute Gasteiger partial charge is 0.423 e. The second-order valence-corrected chi connectivity index (χ2v) is 4.86. The highest BCUT2D eigenvalue weighted by Gasteiger charge is 1.99. The predicted octanol–water partition coefficient (Wildman–Crippen LogP) is 4.13. The van der Waals surface area contributed by atoms with E-state index in [4.69, 9.17) is 16.0 Å². The van der Waals surface area contributed by atoms with E-state index < -0.39 is 0 Å². The van der Waals surface area contributed by atoms with Gasteiger partial charge in [-0.3, -0.25) is 0 Å². The van der Waals surface area contributed by atoms with Crippen molar-refractivity contribution in [2.24, 2.45) is 0 Å². The number of halogens is 1. The molecular formula is C15H17ClO2. The molecule has 1 aromatic carbocycles. The van der Waals surface area contributed by atoms with Gasteiger partial charge in [0.1, 0.15) is 5.58 Å². The summed E-state index contributed by atoms with van der Waals surface area (Å²) in [6.45, 7) is 0. The number of rotatable bonds is 6. The van der Waals surface area contributed by atoms with Crippen LogP contribution in [0.5, 0.6) is 0 Å². The van der Waals surface area contributed by atoms with Crippen molar-refractivity contribution in [2.45, 2.75) is 32.1 Å². The van der Waals surface area contributed by atoms with Crippen molar-refractivity contribution in [3.05, 3.63) is 46.3 Å². The molecule has 1 aromatic heterocycles. The Morgan fingerprint density at radius 2 is 1.78 bits per heavy atom. The van der Waals surface area contributed by atoms with Crippen LogP contribution in [0.4, 0.5) is 0 Å². The highest BCUT2D eigenvalue weighted by atomic mass is 35.5. The monoisotopic (exact) mass is 264 g/mol. The van der Waals surface area contributed by atoms with Crippen LogP contribution in [0.15, 0.2) is 39.5 Å². The molecule has 0 radical (unpaired) electrons. The third kappa shape index (κ3) is 3.61. The smallest absolute Gasteiger partial charge is 0.336 e. The van der Waals surface area contributed by atoms with Crippen LogP contribution >= 0.6 is 11.6 Å². The third-order valence-corrected chi connectivity index (χ3v) is 3.30. The lowest BCUT2D eigenvalue weighted by Crippen LogP contribution is -1.95. The molecule has 0 unspecified atom stereocenters. The number of unbranched alkanes of at least 4 members (excludes halogenated alkanes) is 3. The summed E-state index contributed by atoms with van der Waals surface area (Å²) in [6, 6.07) is 9.33. The molecule has 0 N–H and O–H groups in total. The molecule has 2 aromatic rings. The van der Waals surface area contributed by atoms with Gasteiger partial charge in [0, 0.05) is 17.3 Å². The molecule has 0 aliphatic heterocycles. The molecule has 0 spiro atoms. The highest BCUT2D eigenvalue weighted by molar-refractivity contribution is 6.17. The molecule has 0 atom stereocenters. The first-order valence-electron chi connectivity index (χ1n) is 6.38. The first-order valence-corrected chi connectivity index (χ1v) is 6.92. The quantitative estimate of drug-likeness (QED) is 0.446. The van der Waals surface area contributed by atoms with E-state index in [9.17, 15) is 4.79 Å². The average Bonchev–Trinajstić information content (AvgIpc) is 2.38. The summed E-state index contributed by atoms with van der Waals surface area (Å²) >= 11 is 5.64. The van der Waals surface area contributed by atoms with Gasteiger partial charge in [0.25, 0.3) is 0 Å². The van der Waals surface area contributed by atoms with E-state index in [-0.39, 0.29) is 5.63 Å². The summed E-state index contributed by atoms with van der Waals surface area (Å²) in [7, 11) is 0. The SMILES string of the molecule is O=c1ccc2ccc(CCCCCCCl)cc2o1. The van der Waals surface area contributed by atoms with Gasteiger partial charge in [-0.05, 0) is 37.0 Å². The average molecular weight is 265 g/mol. The number of fused-ring (bicyclic) bond motifs is 1. The molecular weight excluding hydrogens is 248 g/mol. The Hall–Kier alpha value is -1.28. The number of aryl methyl sites for hydroxylation is 1. The van der Waals surface area contributed by atoms with Crippen molar-refractivity contribution in [2.75, 3.05) is 5.88 Å². The van der Waals surface area contributed by atoms with Crippen LogP contribution < -0.4 is 5.63 Å². The molecule has 1 heterocycles. The third-order valence-electron chi connectivity index (χ3n) is 3.04. The topological polar surface area (TPSA) is 30.2 Å². The normalized spacial score (nSPS) is 10.9. The molecule has 2 rings (SSSR count). The Morgan fingerprint density at radius 3 is 2.61 bits per heavy atom. The van der Waals surface area contributed by atoms with Crippen molar-refractivity contribution >= 4 is 22.6 Å². The summed E-state index contributed by atoms with van der Waals surface area (Å²) in [4.78, 5) is 11.1. The Labute approximate surface area is 112 Å². The van der Waals surface area contributed by atoms with Crippen molar-refractivity contribution < 1.29 is 4.42 Å². The maximum atomic E-state index is 11.1. The lowest BCUT2D eigenvalue weighted by Gasteiger charge is -2.03. The van der Waals surface area contributed by atoms with Crippen LogP contribution in [0.25, 0.3) is 11.0 Å². The minimum absolute atomic E-state index is 0.290. The Morgan fingerprint density at radius 1 is 1.00 bits per heavy atom. The second-order valence-electron chi connectivity index (χ2n) is 4.48. The van der Waals surface area contributed by atoms with E-state index in [1.165, 1.54) is 24.5 Å². The van der Waals surface area contributed by atoms with Crippen molar-refractivity contribution in [3.8, 4) is 0 Å². The molecule has 0 aliphatic rings. The van der Waals surface area contributed by atoms with Crippen LogP contribution in [-0.2, 0) is 6.42 Å². The number of benzene rings is 1. The lowest BCUT2D eigenvalue weighted by atomic mass is 10.0. The Balaban J connectivity index is 1.99. The van der Waals surface area contributed by atoms with Crippen LogP contribution in [0.2, 0.25) is 0 Å². The van der Waals surface area contributed by atoms with Gasteiger partial charge >= 0.3 is 5.63 Å². The maximum Gasteiger partial charge on any atom is 0.336 e. The van der Waals surface area contributed by atoms with Crippen molar-refractivity contribution in [1.29, 1.82) is 0 Å². The predicted molar refractivity (Wildman–Crippen MR) is 75.4 cm³/mol. The molecule has 0 fully saturated rings. The minimum Gasteiger partial charge on any atom is -0.423 e. The molecule has 3 heteroatoms. The first kappa shape index (κ1) is 13.2. The summed E-state index contributed by atoms with van der Waals surface area (Å²) in [5.74, 6) is 0.751. The van der Waals surface area contributed by atoms with Crippen LogP contribution in [0, 0.1) is 0 Å². The van der Waals surface area contributed by atoms with Gasteiger partial charge in [-0.1, -0.05) is 25.0 Å². The van der Waals surface area contributed by atoms with E-state index in [0.29, 0.717) is 5.58 Å². The molecule has 0 saturated heterocycles. The maximum absolute atomic E-state index is 11.1. The second kappa shape index (κ2) is 6.60. The molecule has 0 saturated carbocycles. The van der Waals surface area contributed by atoms with Gasteiger partial charge in [-0.25, -0.2) is 4.79 Å². The summed E-state index contributed by atoms with van der Waals surface area (Å²) < 4.78 is 5.17. The van der Waals surface area contributed by atoms with Gasteiger partial charge in [0.05, 0.1) is 0 Å². The molecule has 2 nitrogen and oxygen atoms in total. The fraction of sp³-hybridized carbons (Fsp3) is 0.400. The van der Waals surface area contributed by atoms with Gasteiger partial charge in [0.2, 0.25) is 0 Å². The van der Waals surface area contributed by atoms with Crippen LogP contribution in [-0.4, -0.2) is 5.88 Å². The highest BCUT2D eigenvalue weighted by Crippen LogP contribution is 2.16. The molecule has 0 aliphatic carbocycles. The fourth-order valence-electron chi connectivity index (χ4n) is 2.04. The zero-order chi connectivity index (χ0) is 12.8.